The second-order valence-electron chi connectivity index (χ2n) is 4.24. The lowest BCUT2D eigenvalue weighted by Crippen LogP contribution is -2.34. The van der Waals surface area contributed by atoms with Gasteiger partial charge in [-0.1, -0.05) is 33.1 Å². The molecule has 0 aliphatic heterocycles. The maximum atomic E-state index is 12.0. The molecule has 0 aliphatic carbocycles. The number of unbranched alkanes of at least 4 members (excludes halogenated alkanes) is 1. The fourth-order valence-corrected chi connectivity index (χ4v) is 2.92. The monoisotopic (exact) mass is 317 g/mol. The van der Waals surface area contributed by atoms with Crippen LogP contribution in [-0.4, -0.2) is 11.9 Å². The van der Waals surface area contributed by atoms with Crippen LogP contribution in [0.15, 0.2) is 15.2 Å². The number of hydrogen-bond donors (Lipinski definition) is 1. The van der Waals surface area contributed by atoms with Gasteiger partial charge in [0, 0.05) is 11.4 Å². The molecule has 0 bridgehead atoms. The van der Waals surface area contributed by atoms with Crippen LogP contribution in [-0.2, 0) is 0 Å². The number of nitrogens with one attached hydrogen (secondary N) is 1. The van der Waals surface area contributed by atoms with Crippen LogP contribution in [0.1, 0.15) is 56.3 Å². The third kappa shape index (κ3) is 5.21. The zero-order chi connectivity index (χ0) is 12.7. The number of hydrogen-bond acceptors (Lipinski definition) is 2. The first-order valence-corrected chi connectivity index (χ1v) is 7.89. The maximum Gasteiger partial charge on any atom is 0.252 e. The standard InChI is InChI=1S/C13H20BrNOS/c1-3-5-7-11(6-4-2)15-13(16)10-8-12(14)17-9-10/h8-9,11H,3-7H2,1-2H3,(H,15,16). The number of amides is 1. The van der Waals surface area contributed by atoms with E-state index in [4.69, 9.17) is 0 Å². The number of carbonyl (C=O) groups excluding carboxylic acids is 1. The predicted molar refractivity (Wildman–Crippen MR) is 77.7 cm³/mol. The van der Waals surface area contributed by atoms with E-state index in [0.29, 0.717) is 6.04 Å². The summed E-state index contributed by atoms with van der Waals surface area (Å²) in [6.07, 6.45) is 5.62. The second kappa shape index (κ2) is 7.88. The molecule has 1 aromatic rings. The molecular formula is C13H20BrNOS. The van der Waals surface area contributed by atoms with Crippen molar-refractivity contribution in [2.45, 2.75) is 52.0 Å². The summed E-state index contributed by atoms with van der Waals surface area (Å²) in [6, 6.07) is 2.20. The molecule has 0 fully saturated rings. The SMILES string of the molecule is CCCCC(CCC)NC(=O)c1csc(Br)c1. The maximum absolute atomic E-state index is 12.0. The summed E-state index contributed by atoms with van der Waals surface area (Å²) in [7, 11) is 0. The van der Waals surface area contributed by atoms with Gasteiger partial charge in [0.2, 0.25) is 0 Å². The van der Waals surface area contributed by atoms with Gasteiger partial charge in [-0.15, -0.1) is 11.3 Å². The van der Waals surface area contributed by atoms with Gasteiger partial charge in [-0.3, -0.25) is 4.79 Å². The van der Waals surface area contributed by atoms with Crippen molar-refractivity contribution in [2.75, 3.05) is 0 Å². The topological polar surface area (TPSA) is 29.1 Å². The van der Waals surface area contributed by atoms with Crippen LogP contribution in [0.25, 0.3) is 0 Å². The third-order valence-corrected chi connectivity index (χ3v) is 4.21. The average molecular weight is 318 g/mol. The molecule has 0 aliphatic rings. The van der Waals surface area contributed by atoms with Crippen molar-refractivity contribution in [3.63, 3.8) is 0 Å². The quantitative estimate of drug-likeness (QED) is 0.782. The van der Waals surface area contributed by atoms with Gasteiger partial charge in [0.1, 0.15) is 0 Å². The number of halogens is 1. The van der Waals surface area contributed by atoms with Crippen molar-refractivity contribution in [3.8, 4) is 0 Å². The normalized spacial score (nSPS) is 12.4. The van der Waals surface area contributed by atoms with Crippen molar-refractivity contribution in [2.24, 2.45) is 0 Å². The third-order valence-electron chi connectivity index (χ3n) is 2.71. The van der Waals surface area contributed by atoms with E-state index in [2.05, 4.69) is 35.1 Å². The molecule has 1 N–H and O–H groups in total. The number of thiophene rings is 1. The van der Waals surface area contributed by atoms with Gasteiger partial charge in [0.15, 0.2) is 0 Å². The first kappa shape index (κ1) is 14.7. The molecule has 0 aromatic carbocycles. The van der Waals surface area contributed by atoms with E-state index >= 15 is 0 Å². The van der Waals surface area contributed by atoms with Crippen LogP contribution >= 0.6 is 27.3 Å². The molecule has 0 radical (unpaired) electrons. The highest BCUT2D eigenvalue weighted by Crippen LogP contribution is 2.21. The molecule has 1 aromatic heterocycles. The molecule has 0 saturated carbocycles. The molecule has 1 unspecified atom stereocenters. The van der Waals surface area contributed by atoms with Gasteiger partial charge in [-0.05, 0) is 34.8 Å². The number of rotatable bonds is 7. The van der Waals surface area contributed by atoms with Gasteiger partial charge in [0.05, 0.1) is 9.35 Å². The smallest absolute Gasteiger partial charge is 0.252 e. The largest absolute Gasteiger partial charge is 0.349 e. The summed E-state index contributed by atoms with van der Waals surface area (Å²) in [4.78, 5) is 12.0. The van der Waals surface area contributed by atoms with E-state index in [-0.39, 0.29) is 5.91 Å². The minimum Gasteiger partial charge on any atom is -0.349 e. The molecule has 0 spiro atoms. The lowest BCUT2D eigenvalue weighted by Gasteiger charge is -2.17. The van der Waals surface area contributed by atoms with E-state index in [1.165, 1.54) is 12.8 Å². The Bertz CT molecular complexity index is 351. The van der Waals surface area contributed by atoms with Gasteiger partial charge in [0.25, 0.3) is 5.91 Å². The van der Waals surface area contributed by atoms with Crippen LogP contribution in [0.5, 0.6) is 0 Å². The summed E-state index contributed by atoms with van der Waals surface area (Å²) in [5, 5.41) is 5.02. The Labute approximate surface area is 116 Å². The fourth-order valence-electron chi connectivity index (χ4n) is 1.79. The Hall–Kier alpha value is -0.350. The second-order valence-corrected chi connectivity index (χ2v) is 6.53. The summed E-state index contributed by atoms with van der Waals surface area (Å²) in [6.45, 7) is 4.34. The van der Waals surface area contributed by atoms with Crippen LogP contribution in [0.2, 0.25) is 0 Å². The minimum absolute atomic E-state index is 0.0569. The van der Waals surface area contributed by atoms with Gasteiger partial charge in [-0.25, -0.2) is 0 Å². The van der Waals surface area contributed by atoms with Crippen molar-refractivity contribution < 1.29 is 4.79 Å². The lowest BCUT2D eigenvalue weighted by molar-refractivity contribution is 0.0932. The fraction of sp³-hybridized carbons (Fsp3) is 0.615. The molecule has 2 nitrogen and oxygen atoms in total. The Balaban J connectivity index is 2.51. The van der Waals surface area contributed by atoms with Crippen molar-refractivity contribution in [1.82, 2.24) is 5.32 Å². The average Bonchev–Trinajstić information content (AvgIpc) is 2.73. The lowest BCUT2D eigenvalue weighted by atomic mass is 10.0. The Morgan fingerprint density at radius 2 is 2.18 bits per heavy atom. The van der Waals surface area contributed by atoms with Crippen molar-refractivity contribution in [3.05, 3.63) is 20.8 Å². The highest BCUT2D eigenvalue weighted by atomic mass is 79.9. The van der Waals surface area contributed by atoms with Crippen LogP contribution in [0, 0.1) is 0 Å². The van der Waals surface area contributed by atoms with E-state index < -0.39 is 0 Å². The minimum atomic E-state index is 0.0569. The van der Waals surface area contributed by atoms with Crippen LogP contribution in [0.4, 0.5) is 0 Å². The van der Waals surface area contributed by atoms with Gasteiger partial charge in [-0.2, -0.15) is 0 Å². The van der Waals surface area contributed by atoms with Gasteiger partial charge < -0.3 is 5.32 Å². The van der Waals surface area contributed by atoms with E-state index in [1.807, 2.05) is 11.4 Å². The molecule has 1 amide bonds. The van der Waals surface area contributed by atoms with Crippen molar-refractivity contribution in [1.29, 1.82) is 0 Å². The zero-order valence-corrected chi connectivity index (χ0v) is 12.9. The van der Waals surface area contributed by atoms with E-state index in [1.54, 1.807) is 11.3 Å². The highest BCUT2D eigenvalue weighted by molar-refractivity contribution is 9.11. The van der Waals surface area contributed by atoms with Crippen LogP contribution in [0.3, 0.4) is 0 Å². The zero-order valence-electron chi connectivity index (χ0n) is 10.5. The summed E-state index contributed by atoms with van der Waals surface area (Å²) < 4.78 is 1.00. The summed E-state index contributed by atoms with van der Waals surface area (Å²) >= 11 is 4.92. The van der Waals surface area contributed by atoms with Crippen LogP contribution < -0.4 is 5.32 Å². The van der Waals surface area contributed by atoms with Gasteiger partial charge >= 0.3 is 0 Å². The molecule has 4 heteroatoms. The predicted octanol–water partition coefficient (Wildman–Crippen LogP) is 4.60. The van der Waals surface area contributed by atoms with Crippen molar-refractivity contribution >= 4 is 33.2 Å². The van der Waals surface area contributed by atoms with E-state index in [0.717, 1.165) is 28.6 Å². The molecule has 1 rings (SSSR count). The molecule has 96 valence electrons. The molecule has 17 heavy (non-hydrogen) atoms. The molecule has 1 atom stereocenters. The summed E-state index contributed by atoms with van der Waals surface area (Å²) in [5.41, 5.74) is 0.763. The molecule has 1 heterocycles. The van der Waals surface area contributed by atoms with E-state index in [9.17, 15) is 4.79 Å². The highest BCUT2D eigenvalue weighted by Gasteiger charge is 2.13. The first-order valence-electron chi connectivity index (χ1n) is 6.22. The molecule has 0 saturated heterocycles. The Morgan fingerprint density at radius 1 is 1.41 bits per heavy atom. The number of carbonyl (C=O) groups is 1. The summed E-state index contributed by atoms with van der Waals surface area (Å²) in [5.74, 6) is 0.0569. The first-order chi connectivity index (χ1) is 8.17. The molecular weight excluding hydrogens is 298 g/mol. The Morgan fingerprint density at radius 3 is 2.71 bits per heavy atom. The Kier molecular flexibility index (Phi) is 6.82.